The van der Waals surface area contributed by atoms with Crippen molar-refractivity contribution in [3.05, 3.63) is 17.1 Å². The van der Waals surface area contributed by atoms with Crippen molar-refractivity contribution in [1.29, 1.82) is 0 Å². The quantitative estimate of drug-likeness (QED) is 0.386. The molecule has 84 valence electrons. The maximum absolute atomic E-state index is 11.3. The number of ether oxygens (including phenoxy) is 1. The van der Waals surface area contributed by atoms with Gasteiger partial charge in [-0.3, -0.25) is 4.90 Å². The van der Waals surface area contributed by atoms with Gasteiger partial charge in [0.15, 0.2) is 0 Å². The number of rotatable bonds is 5. The molecule has 0 bridgehead atoms. The second-order valence-electron chi connectivity index (χ2n) is 3.39. The molecule has 5 heteroatoms. The van der Waals surface area contributed by atoms with Gasteiger partial charge in [0.2, 0.25) is 6.04 Å². The van der Waals surface area contributed by atoms with Crippen LogP contribution in [0.25, 0.3) is 0 Å². The van der Waals surface area contributed by atoms with Crippen LogP contribution in [-0.2, 0) is 9.53 Å². The van der Waals surface area contributed by atoms with Crippen molar-refractivity contribution >= 4 is 5.97 Å². The summed E-state index contributed by atoms with van der Waals surface area (Å²) in [6.07, 6.45) is 5.06. The zero-order valence-corrected chi connectivity index (χ0v) is 8.89. The molecule has 0 radical (unpaired) electrons. The fourth-order valence-electron chi connectivity index (χ4n) is 1.49. The van der Waals surface area contributed by atoms with Crippen molar-refractivity contribution in [3.63, 3.8) is 0 Å². The molecule has 0 N–H and O–H groups in total. The highest BCUT2D eigenvalue weighted by molar-refractivity contribution is 5.76. The molecule has 0 aromatic carbocycles. The molecule has 0 saturated carbocycles. The van der Waals surface area contributed by atoms with Crippen molar-refractivity contribution in [2.24, 2.45) is 5.18 Å². The van der Waals surface area contributed by atoms with Crippen LogP contribution in [0.4, 0.5) is 0 Å². The van der Waals surface area contributed by atoms with Gasteiger partial charge < -0.3 is 4.74 Å². The minimum atomic E-state index is -0.892. The Balaban J connectivity index is 2.41. The van der Waals surface area contributed by atoms with Crippen molar-refractivity contribution in [3.8, 4) is 0 Å². The van der Waals surface area contributed by atoms with Gasteiger partial charge in [0.25, 0.3) is 0 Å². The van der Waals surface area contributed by atoms with E-state index in [0.717, 1.165) is 19.5 Å². The van der Waals surface area contributed by atoms with E-state index < -0.39 is 12.0 Å². The molecule has 1 rings (SSSR count). The lowest BCUT2D eigenvalue weighted by Crippen LogP contribution is -2.38. The number of carbonyl (C=O) groups excluding carboxylic acids is 1. The lowest BCUT2D eigenvalue weighted by Gasteiger charge is -2.24. The van der Waals surface area contributed by atoms with E-state index in [-0.39, 0.29) is 6.61 Å². The predicted octanol–water partition coefficient (Wildman–Crippen LogP) is 0.946. The normalized spacial score (nSPS) is 18.5. The summed E-state index contributed by atoms with van der Waals surface area (Å²) < 4.78 is 4.76. The summed E-state index contributed by atoms with van der Waals surface area (Å²) in [6, 6.07) is -0.892. The van der Waals surface area contributed by atoms with E-state index in [2.05, 4.69) is 11.3 Å². The van der Waals surface area contributed by atoms with Crippen LogP contribution in [0.5, 0.6) is 0 Å². The second kappa shape index (κ2) is 6.29. The van der Waals surface area contributed by atoms with E-state index in [1.807, 2.05) is 11.0 Å². The maximum atomic E-state index is 11.3. The first-order chi connectivity index (χ1) is 7.27. The van der Waals surface area contributed by atoms with E-state index in [9.17, 15) is 9.70 Å². The fourth-order valence-corrected chi connectivity index (χ4v) is 1.49. The van der Waals surface area contributed by atoms with Gasteiger partial charge in [-0.25, -0.2) is 4.79 Å². The van der Waals surface area contributed by atoms with Gasteiger partial charge in [0.1, 0.15) is 0 Å². The van der Waals surface area contributed by atoms with Crippen LogP contribution >= 0.6 is 0 Å². The molecule has 0 saturated heterocycles. The van der Waals surface area contributed by atoms with Crippen LogP contribution in [0, 0.1) is 4.91 Å². The van der Waals surface area contributed by atoms with Gasteiger partial charge in [0, 0.05) is 19.6 Å². The van der Waals surface area contributed by atoms with Crippen LogP contribution in [0.15, 0.2) is 17.3 Å². The standard InChI is InChI=1S/C10H16N2O3/c1-2-15-10(13)9(11-14)8-12-6-4-3-5-7-12/h3-4,9H,2,5-8H2,1H3. The van der Waals surface area contributed by atoms with Crippen molar-refractivity contribution in [1.82, 2.24) is 4.90 Å². The maximum Gasteiger partial charge on any atom is 0.335 e. The molecule has 1 aliphatic rings. The molecule has 0 fully saturated rings. The zero-order chi connectivity index (χ0) is 11.1. The molecule has 1 heterocycles. The molecule has 5 nitrogen and oxygen atoms in total. The first-order valence-corrected chi connectivity index (χ1v) is 5.14. The first-order valence-electron chi connectivity index (χ1n) is 5.14. The van der Waals surface area contributed by atoms with Crippen LogP contribution < -0.4 is 0 Å². The number of hydrogen-bond acceptors (Lipinski definition) is 5. The Kier molecular flexibility index (Phi) is 4.97. The summed E-state index contributed by atoms with van der Waals surface area (Å²) in [5, 5.41) is 2.81. The number of carbonyl (C=O) groups is 1. The Bertz CT molecular complexity index is 253. The van der Waals surface area contributed by atoms with Gasteiger partial charge in [-0.1, -0.05) is 17.3 Å². The molecule has 0 amide bonds. The smallest absolute Gasteiger partial charge is 0.335 e. The summed E-state index contributed by atoms with van der Waals surface area (Å²) in [6.45, 7) is 3.98. The van der Waals surface area contributed by atoms with E-state index in [1.165, 1.54) is 0 Å². The highest BCUT2D eigenvalue weighted by atomic mass is 16.5. The molecule has 1 atom stereocenters. The van der Waals surface area contributed by atoms with Crippen molar-refractivity contribution < 1.29 is 9.53 Å². The molecule has 0 spiro atoms. The van der Waals surface area contributed by atoms with Gasteiger partial charge >= 0.3 is 5.97 Å². The molecule has 0 aliphatic carbocycles. The van der Waals surface area contributed by atoms with E-state index >= 15 is 0 Å². The SMILES string of the molecule is CCOC(=O)C(CN1CC=CCC1)N=O. The molecular weight excluding hydrogens is 196 g/mol. The van der Waals surface area contributed by atoms with Crippen molar-refractivity contribution in [2.45, 2.75) is 19.4 Å². The van der Waals surface area contributed by atoms with Crippen molar-refractivity contribution in [2.75, 3.05) is 26.2 Å². The second-order valence-corrected chi connectivity index (χ2v) is 3.39. The molecular formula is C10H16N2O3. The lowest BCUT2D eigenvalue weighted by atomic mass is 10.2. The number of nitroso groups, excluding NO2 is 1. The monoisotopic (exact) mass is 212 g/mol. The first kappa shape index (κ1) is 11.8. The Morgan fingerprint density at radius 3 is 2.93 bits per heavy atom. The molecule has 15 heavy (non-hydrogen) atoms. The number of hydrogen-bond donors (Lipinski definition) is 0. The topological polar surface area (TPSA) is 59.0 Å². The van der Waals surface area contributed by atoms with Crippen LogP contribution in [0.2, 0.25) is 0 Å². The molecule has 1 unspecified atom stereocenters. The minimum Gasteiger partial charge on any atom is -0.464 e. The van der Waals surface area contributed by atoms with E-state index in [0.29, 0.717) is 6.54 Å². The summed E-state index contributed by atoms with van der Waals surface area (Å²) in [5.41, 5.74) is 0. The number of nitrogens with zero attached hydrogens (tertiary/aromatic N) is 2. The van der Waals surface area contributed by atoms with Crippen LogP contribution in [-0.4, -0.2) is 43.2 Å². The van der Waals surface area contributed by atoms with Crippen LogP contribution in [0.1, 0.15) is 13.3 Å². The molecule has 0 aromatic rings. The summed E-state index contributed by atoms with van der Waals surface area (Å²) in [4.78, 5) is 23.8. The predicted molar refractivity (Wildman–Crippen MR) is 56.4 cm³/mol. The van der Waals surface area contributed by atoms with Crippen LogP contribution in [0.3, 0.4) is 0 Å². The fraction of sp³-hybridized carbons (Fsp3) is 0.700. The van der Waals surface area contributed by atoms with E-state index in [1.54, 1.807) is 6.92 Å². The summed E-state index contributed by atoms with van der Waals surface area (Å²) in [5.74, 6) is -0.526. The van der Waals surface area contributed by atoms with Gasteiger partial charge in [0.05, 0.1) is 6.61 Å². The Morgan fingerprint density at radius 2 is 2.40 bits per heavy atom. The third-order valence-electron chi connectivity index (χ3n) is 2.26. The average Bonchev–Trinajstić information content (AvgIpc) is 2.27. The lowest BCUT2D eigenvalue weighted by molar-refractivity contribution is -0.145. The van der Waals surface area contributed by atoms with Gasteiger partial charge in [-0.2, -0.15) is 0 Å². The highest BCUT2D eigenvalue weighted by Crippen LogP contribution is 2.05. The average molecular weight is 212 g/mol. The molecule has 0 aromatic heterocycles. The minimum absolute atomic E-state index is 0.282. The van der Waals surface area contributed by atoms with Gasteiger partial charge in [-0.05, 0) is 13.3 Å². The number of esters is 1. The van der Waals surface area contributed by atoms with Gasteiger partial charge in [-0.15, -0.1) is 4.91 Å². The van der Waals surface area contributed by atoms with E-state index in [4.69, 9.17) is 4.74 Å². The Labute approximate surface area is 89.1 Å². The highest BCUT2D eigenvalue weighted by Gasteiger charge is 2.23. The third-order valence-corrected chi connectivity index (χ3v) is 2.26. The summed E-state index contributed by atoms with van der Waals surface area (Å²) in [7, 11) is 0. The Morgan fingerprint density at radius 1 is 1.60 bits per heavy atom. The molecule has 1 aliphatic heterocycles. The largest absolute Gasteiger partial charge is 0.464 e. The Hall–Kier alpha value is -1.23. The summed E-state index contributed by atoms with van der Waals surface area (Å²) >= 11 is 0. The third kappa shape index (κ3) is 3.79. The zero-order valence-electron chi connectivity index (χ0n) is 8.89.